The molecule has 0 radical (unpaired) electrons. The number of carbonyl (C=O) groups excluding carboxylic acids is 1. The van der Waals surface area contributed by atoms with Crippen LogP contribution in [0.1, 0.15) is 12.8 Å². The van der Waals surface area contributed by atoms with Crippen molar-refractivity contribution in [2.24, 2.45) is 0 Å². The third kappa shape index (κ3) is 1.44. The average Bonchev–Trinajstić information content (AvgIpc) is 2.57. The highest BCUT2D eigenvalue weighted by Crippen LogP contribution is 2.32. The monoisotopic (exact) mass is 210 g/mol. The van der Waals surface area contributed by atoms with E-state index in [0.29, 0.717) is 17.1 Å². The van der Waals surface area contributed by atoms with Crippen LogP contribution in [0.5, 0.6) is 0 Å². The van der Waals surface area contributed by atoms with Crippen LogP contribution in [-0.4, -0.2) is 12.5 Å². The fraction of sp³-hybridized carbons (Fsp3) is 0.300. The molecule has 1 amide bonds. The number of hydrogen-bond donors (Lipinski definition) is 1. The Labute approximate surface area is 87.4 Å². The SMILES string of the molecule is Nc1c(Cl)cccc1N1CCCC1=O. The fourth-order valence-corrected chi connectivity index (χ4v) is 1.83. The van der Waals surface area contributed by atoms with E-state index in [0.717, 1.165) is 18.7 Å². The Balaban J connectivity index is 2.41. The highest BCUT2D eigenvalue weighted by atomic mass is 35.5. The average molecular weight is 211 g/mol. The van der Waals surface area contributed by atoms with E-state index in [1.165, 1.54) is 0 Å². The minimum Gasteiger partial charge on any atom is -0.396 e. The smallest absolute Gasteiger partial charge is 0.227 e. The summed E-state index contributed by atoms with van der Waals surface area (Å²) in [6.45, 7) is 0.739. The Morgan fingerprint density at radius 3 is 2.86 bits per heavy atom. The molecule has 74 valence electrons. The maximum atomic E-state index is 11.5. The second-order valence-corrected chi connectivity index (χ2v) is 3.73. The van der Waals surface area contributed by atoms with Crippen molar-refractivity contribution in [3.63, 3.8) is 0 Å². The molecule has 0 bridgehead atoms. The van der Waals surface area contributed by atoms with Gasteiger partial charge in [0.15, 0.2) is 0 Å². The van der Waals surface area contributed by atoms with Crippen molar-refractivity contribution in [3.8, 4) is 0 Å². The van der Waals surface area contributed by atoms with Gasteiger partial charge in [-0.05, 0) is 18.6 Å². The lowest BCUT2D eigenvalue weighted by atomic mass is 10.2. The number of anilines is 2. The molecule has 14 heavy (non-hydrogen) atoms. The minimum absolute atomic E-state index is 0.124. The molecular formula is C10H11ClN2O. The first-order valence-corrected chi connectivity index (χ1v) is 4.92. The number of hydrogen-bond acceptors (Lipinski definition) is 2. The van der Waals surface area contributed by atoms with E-state index in [2.05, 4.69) is 0 Å². The van der Waals surface area contributed by atoms with Crippen molar-refractivity contribution in [1.82, 2.24) is 0 Å². The summed E-state index contributed by atoms with van der Waals surface area (Å²) >= 11 is 5.88. The van der Waals surface area contributed by atoms with Crippen LogP contribution < -0.4 is 10.6 Å². The first-order valence-electron chi connectivity index (χ1n) is 4.54. The molecule has 0 atom stereocenters. The van der Waals surface area contributed by atoms with Crippen molar-refractivity contribution in [2.75, 3.05) is 17.2 Å². The summed E-state index contributed by atoms with van der Waals surface area (Å²) in [5, 5.41) is 0.502. The van der Waals surface area contributed by atoms with Gasteiger partial charge in [-0.2, -0.15) is 0 Å². The maximum absolute atomic E-state index is 11.5. The standard InChI is InChI=1S/C10H11ClN2O/c11-7-3-1-4-8(10(7)12)13-6-2-5-9(13)14/h1,3-4H,2,5-6,12H2. The molecule has 0 saturated carbocycles. The largest absolute Gasteiger partial charge is 0.396 e. The van der Waals surface area contributed by atoms with Crippen LogP contribution in [-0.2, 0) is 4.79 Å². The Kier molecular flexibility index (Phi) is 2.33. The highest BCUT2D eigenvalue weighted by molar-refractivity contribution is 6.33. The zero-order chi connectivity index (χ0) is 10.1. The topological polar surface area (TPSA) is 46.3 Å². The molecule has 1 fully saturated rings. The van der Waals surface area contributed by atoms with Gasteiger partial charge in [0.2, 0.25) is 5.91 Å². The van der Waals surface area contributed by atoms with Gasteiger partial charge < -0.3 is 10.6 Å². The first-order chi connectivity index (χ1) is 6.70. The number of halogens is 1. The molecule has 1 aliphatic heterocycles. The summed E-state index contributed by atoms with van der Waals surface area (Å²) in [6, 6.07) is 5.35. The first kappa shape index (κ1) is 9.34. The van der Waals surface area contributed by atoms with Crippen molar-refractivity contribution < 1.29 is 4.79 Å². The van der Waals surface area contributed by atoms with Crippen LogP contribution in [0, 0.1) is 0 Å². The predicted molar refractivity (Wildman–Crippen MR) is 57.5 cm³/mol. The van der Waals surface area contributed by atoms with Crippen LogP contribution in [0.25, 0.3) is 0 Å². The Bertz CT molecular complexity index is 378. The number of nitrogens with zero attached hydrogens (tertiary/aromatic N) is 1. The summed E-state index contributed by atoms with van der Waals surface area (Å²) in [7, 11) is 0. The van der Waals surface area contributed by atoms with E-state index >= 15 is 0 Å². The van der Waals surface area contributed by atoms with E-state index < -0.39 is 0 Å². The van der Waals surface area contributed by atoms with Crippen molar-refractivity contribution >= 4 is 28.9 Å². The molecule has 3 nitrogen and oxygen atoms in total. The zero-order valence-electron chi connectivity index (χ0n) is 7.66. The van der Waals surface area contributed by atoms with Crippen LogP contribution in [0.4, 0.5) is 11.4 Å². The maximum Gasteiger partial charge on any atom is 0.227 e. The van der Waals surface area contributed by atoms with E-state index in [1.54, 1.807) is 17.0 Å². The third-order valence-corrected chi connectivity index (χ3v) is 2.72. The second kappa shape index (κ2) is 3.50. The summed E-state index contributed by atoms with van der Waals surface area (Å²) in [6.07, 6.45) is 1.50. The van der Waals surface area contributed by atoms with Gasteiger partial charge in [0.05, 0.1) is 16.4 Å². The van der Waals surface area contributed by atoms with E-state index in [9.17, 15) is 4.79 Å². The van der Waals surface area contributed by atoms with Crippen LogP contribution in [0.15, 0.2) is 18.2 Å². The molecule has 2 N–H and O–H groups in total. The lowest BCUT2D eigenvalue weighted by Gasteiger charge is -2.18. The summed E-state index contributed by atoms with van der Waals surface area (Å²) in [5.74, 6) is 0.124. The van der Waals surface area contributed by atoms with Crippen molar-refractivity contribution in [2.45, 2.75) is 12.8 Å². The van der Waals surface area contributed by atoms with Gasteiger partial charge in [-0.15, -0.1) is 0 Å². The van der Waals surface area contributed by atoms with Gasteiger partial charge in [-0.1, -0.05) is 17.7 Å². The summed E-state index contributed by atoms with van der Waals surface area (Å²) in [5.41, 5.74) is 7.03. The van der Waals surface area contributed by atoms with Crippen LogP contribution >= 0.6 is 11.6 Å². The molecule has 1 saturated heterocycles. The lowest BCUT2D eigenvalue weighted by Crippen LogP contribution is -2.24. The molecule has 2 rings (SSSR count). The predicted octanol–water partition coefficient (Wildman–Crippen LogP) is 2.05. The molecular weight excluding hydrogens is 200 g/mol. The number of benzene rings is 1. The van der Waals surface area contributed by atoms with Gasteiger partial charge in [0.25, 0.3) is 0 Å². The van der Waals surface area contributed by atoms with E-state index in [4.69, 9.17) is 17.3 Å². The zero-order valence-corrected chi connectivity index (χ0v) is 8.42. The molecule has 1 heterocycles. The molecule has 0 spiro atoms. The number of nitrogen functional groups attached to an aromatic ring is 1. The summed E-state index contributed by atoms with van der Waals surface area (Å²) in [4.78, 5) is 13.2. The molecule has 1 aromatic carbocycles. The van der Waals surface area contributed by atoms with Crippen molar-refractivity contribution in [3.05, 3.63) is 23.2 Å². The van der Waals surface area contributed by atoms with Crippen molar-refractivity contribution in [1.29, 1.82) is 0 Å². The van der Waals surface area contributed by atoms with Gasteiger partial charge >= 0.3 is 0 Å². The molecule has 4 heteroatoms. The van der Waals surface area contributed by atoms with Crippen LogP contribution in [0.3, 0.4) is 0 Å². The molecule has 1 aliphatic rings. The number of carbonyl (C=O) groups is 1. The van der Waals surface area contributed by atoms with E-state index in [1.807, 2.05) is 6.07 Å². The normalized spacial score (nSPS) is 16.4. The number of amides is 1. The van der Waals surface area contributed by atoms with Gasteiger partial charge in [0.1, 0.15) is 0 Å². The molecule has 1 aromatic rings. The highest BCUT2D eigenvalue weighted by Gasteiger charge is 2.23. The van der Waals surface area contributed by atoms with Gasteiger partial charge in [0, 0.05) is 13.0 Å². The number of rotatable bonds is 1. The quantitative estimate of drug-likeness (QED) is 0.722. The molecule has 0 unspecified atom stereocenters. The fourth-order valence-electron chi connectivity index (χ4n) is 1.66. The Hall–Kier alpha value is -1.22. The Morgan fingerprint density at radius 2 is 2.21 bits per heavy atom. The number of para-hydroxylation sites is 1. The lowest BCUT2D eigenvalue weighted by molar-refractivity contribution is -0.117. The number of nitrogens with two attached hydrogens (primary N) is 1. The van der Waals surface area contributed by atoms with Crippen LogP contribution in [0.2, 0.25) is 5.02 Å². The van der Waals surface area contributed by atoms with Gasteiger partial charge in [-0.3, -0.25) is 4.79 Å². The minimum atomic E-state index is 0.124. The van der Waals surface area contributed by atoms with Gasteiger partial charge in [-0.25, -0.2) is 0 Å². The van der Waals surface area contributed by atoms with E-state index in [-0.39, 0.29) is 5.91 Å². The second-order valence-electron chi connectivity index (χ2n) is 3.32. The third-order valence-electron chi connectivity index (χ3n) is 2.39. The molecule has 0 aliphatic carbocycles. The molecule has 0 aromatic heterocycles. The summed E-state index contributed by atoms with van der Waals surface area (Å²) < 4.78 is 0. The Morgan fingerprint density at radius 1 is 1.43 bits per heavy atom.